The van der Waals surface area contributed by atoms with Crippen molar-refractivity contribution in [2.45, 2.75) is 27.3 Å². The van der Waals surface area contributed by atoms with E-state index >= 15 is 0 Å². The number of rotatable bonds is 7. The molecule has 0 radical (unpaired) electrons. The average molecular weight is 303 g/mol. The van der Waals surface area contributed by atoms with E-state index in [2.05, 4.69) is 28.6 Å². The highest BCUT2D eigenvalue weighted by atomic mass is 16.5. The van der Waals surface area contributed by atoms with Crippen LogP contribution in [0.5, 0.6) is 0 Å². The number of nitrogens with one attached hydrogen (secondary N) is 2. The van der Waals surface area contributed by atoms with Gasteiger partial charge in [0.15, 0.2) is 5.96 Å². The minimum atomic E-state index is 0.518. The maximum Gasteiger partial charge on any atom is 0.191 e. The normalized spacial score (nSPS) is 11.9. The molecule has 22 heavy (non-hydrogen) atoms. The molecule has 0 aliphatic heterocycles. The van der Waals surface area contributed by atoms with Crippen molar-refractivity contribution < 1.29 is 9.15 Å². The summed E-state index contributed by atoms with van der Waals surface area (Å²) in [6.07, 6.45) is 0. The fourth-order valence-electron chi connectivity index (χ4n) is 2.25. The Labute approximate surface area is 131 Å². The zero-order valence-electron chi connectivity index (χ0n) is 13.6. The van der Waals surface area contributed by atoms with Crippen LogP contribution in [0, 0.1) is 6.92 Å². The summed E-state index contributed by atoms with van der Waals surface area (Å²) in [6, 6.07) is 8.07. The van der Waals surface area contributed by atoms with Crippen LogP contribution >= 0.6 is 0 Å². The van der Waals surface area contributed by atoms with Crippen LogP contribution in [0.4, 0.5) is 0 Å². The highest BCUT2D eigenvalue weighted by Gasteiger charge is 2.09. The number of hydrogen-bond acceptors (Lipinski definition) is 3. The molecule has 0 amide bonds. The molecule has 0 spiro atoms. The van der Waals surface area contributed by atoms with Crippen molar-refractivity contribution in [3.8, 4) is 0 Å². The zero-order chi connectivity index (χ0) is 15.8. The lowest BCUT2D eigenvalue weighted by Crippen LogP contribution is -2.39. The Morgan fingerprint density at radius 1 is 1.23 bits per heavy atom. The Morgan fingerprint density at radius 2 is 2.05 bits per heavy atom. The van der Waals surface area contributed by atoms with E-state index < -0.39 is 0 Å². The van der Waals surface area contributed by atoms with Gasteiger partial charge in [-0.15, -0.1) is 0 Å². The van der Waals surface area contributed by atoms with Crippen LogP contribution in [0.2, 0.25) is 0 Å². The molecule has 1 aromatic heterocycles. The monoisotopic (exact) mass is 303 g/mol. The van der Waals surface area contributed by atoms with E-state index in [0.29, 0.717) is 13.2 Å². The molecule has 0 saturated carbocycles. The predicted molar refractivity (Wildman–Crippen MR) is 90.3 cm³/mol. The van der Waals surface area contributed by atoms with E-state index in [1.54, 1.807) is 0 Å². The van der Waals surface area contributed by atoms with Crippen LogP contribution in [0.25, 0.3) is 11.0 Å². The van der Waals surface area contributed by atoms with Crippen LogP contribution in [0.15, 0.2) is 33.7 Å². The second-order valence-corrected chi connectivity index (χ2v) is 4.97. The summed E-state index contributed by atoms with van der Waals surface area (Å²) >= 11 is 0. The van der Waals surface area contributed by atoms with Crippen LogP contribution in [-0.4, -0.2) is 32.3 Å². The molecule has 2 N–H and O–H groups in total. The van der Waals surface area contributed by atoms with Crippen molar-refractivity contribution >= 4 is 16.9 Å². The third-order valence-corrected chi connectivity index (χ3v) is 3.41. The number of fused-ring (bicyclic) bond motifs is 1. The van der Waals surface area contributed by atoms with Gasteiger partial charge in [0.1, 0.15) is 17.9 Å². The highest BCUT2D eigenvalue weighted by molar-refractivity contribution is 5.82. The first-order valence-electron chi connectivity index (χ1n) is 7.83. The van der Waals surface area contributed by atoms with Gasteiger partial charge in [-0.3, -0.25) is 0 Å². The average Bonchev–Trinajstić information content (AvgIpc) is 2.86. The van der Waals surface area contributed by atoms with Crippen LogP contribution in [0.1, 0.15) is 25.2 Å². The van der Waals surface area contributed by atoms with E-state index in [0.717, 1.165) is 47.9 Å². The van der Waals surface area contributed by atoms with Crippen molar-refractivity contribution in [1.82, 2.24) is 10.6 Å². The maximum absolute atomic E-state index is 5.88. The second kappa shape index (κ2) is 8.44. The minimum Gasteiger partial charge on any atom is -0.459 e. The van der Waals surface area contributed by atoms with E-state index in [1.165, 1.54) is 0 Å². The Balaban J connectivity index is 2.03. The van der Waals surface area contributed by atoms with Gasteiger partial charge in [0, 0.05) is 30.6 Å². The molecule has 0 bridgehead atoms. The largest absolute Gasteiger partial charge is 0.459 e. The molecule has 1 heterocycles. The summed E-state index contributed by atoms with van der Waals surface area (Å²) in [4.78, 5) is 4.58. The Hall–Kier alpha value is -2.01. The van der Waals surface area contributed by atoms with Crippen LogP contribution < -0.4 is 10.6 Å². The number of aryl methyl sites for hydroxylation is 1. The smallest absolute Gasteiger partial charge is 0.191 e. The summed E-state index contributed by atoms with van der Waals surface area (Å²) < 4.78 is 11.2. The van der Waals surface area contributed by atoms with E-state index in [-0.39, 0.29) is 0 Å². The molecule has 120 valence electrons. The summed E-state index contributed by atoms with van der Waals surface area (Å²) in [5, 5.41) is 7.63. The van der Waals surface area contributed by atoms with Gasteiger partial charge in [-0.25, -0.2) is 4.99 Å². The molecular weight excluding hydrogens is 278 g/mol. The number of hydrogen-bond donors (Lipinski definition) is 2. The number of benzene rings is 1. The molecule has 2 aromatic rings. The first-order valence-corrected chi connectivity index (χ1v) is 7.83. The van der Waals surface area contributed by atoms with Gasteiger partial charge in [0.05, 0.1) is 6.61 Å². The summed E-state index contributed by atoms with van der Waals surface area (Å²) in [5.41, 5.74) is 2.07. The fourth-order valence-corrected chi connectivity index (χ4v) is 2.25. The van der Waals surface area contributed by atoms with Gasteiger partial charge in [-0.05, 0) is 26.8 Å². The van der Waals surface area contributed by atoms with E-state index in [4.69, 9.17) is 9.15 Å². The molecule has 0 unspecified atom stereocenters. The lowest BCUT2D eigenvalue weighted by molar-refractivity contribution is 0.152. The zero-order valence-corrected chi connectivity index (χ0v) is 13.6. The molecule has 0 aliphatic rings. The third kappa shape index (κ3) is 4.24. The quantitative estimate of drug-likeness (QED) is 0.469. The van der Waals surface area contributed by atoms with Gasteiger partial charge in [0.25, 0.3) is 0 Å². The summed E-state index contributed by atoms with van der Waals surface area (Å²) in [5.74, 6) is 1.69. The number of aliphatic imine (C=N–C) groups is 1. The van der Waals surface area contributed by atoms with Gasteiger partial charge in [-0.1, -0.05) is 18.2 Å². The Morgan fingerprint density at radius 3 is 2.77 bits per heavy atom. The van der Waals surface area contributed by atoms with Crippen molar-refractivity contribution in [3.63, 3.8) is 0 Å². The van der Waals surface area contributed by atoms with E-state index in [9.17, 15) is 0 Å². The lowest BCUT2D eigenvalue weighted by Gasteiger charge is -2.10. The molecule has 0 aliphatic carbocycles. The summed E-state index contributed by atoms with van der Waals surface area (Å²) in [7, 11) is 0. The predicted octanol–water partition coefficient (Wildman–Crippen LogP) is 2.83. The second-order valence-electron chi connectivity index (χ2n) is 4.97. The Kier molecular flexibility index (Phi) is 6.27. The number of para-hydroxylation sites is 1. The maximum atomic E-state index is 5.88. The number of nitrogens with zero attached hydrogens (tertiary/aromatic N) is 1. The number of ether oxygens (including phenoxy) is 1. The topological polar surface area (TPSA) is 58.8 Å². The van der Waals surface area contributed by atoms with Gasteiger partial charge >= 0.3 is 0 Å². The van der Waals surface area contributed by atoms with Crippen molar-refractivity contribution in [2.24, 2.45) is 4.99 Å². The first kappa shape index (κ1) is 16.4. The first-order chi connectivity index (χ1) is 10.8. The van der Waals surface area contributed by atoms with Gasteiger partial charge < -0.3 is 19.8 Å². The molecule has 1 aromatic carbocycles. The third-order valence-electron chi connectivity index (χ3n) is 3.41. The van der Waals surface area contributed by atoms with Crippen molar-refractivity contribution in [3.05, 3.63) is 35.6 Å². The molecule has 0 saturated heterocycles. The molecular formula is C17H25N3O2. The van der Waals surface area contributed by atoms with Crippen LogP contribution in [0.3, 0.4) is 0 Å². The minimum absolute atomic E-state index is 0.518. The van der Waals surface area contributed by atoms with Crippen LogP contribution in [-0.2, 0) is 11.3 Å². The highest BCUT2D eigenvalue weighted by Crippen LogP contribution is 2.25. The molecule has 0 fully saturated rings. The molecule has 5 nitrogen and oxygen atoms in total. The SMILES string of the molecule is CCNC(=NCc1oc2ccccc2c1C)NCCOCC. The van der Waals surface area contributed by atoms with E-state index in [1.807, 2.05) is 32.0 Å². The lowest BCUT2D eigenvalue weighted by atomic mass is 10.1. The van der Waals surface area contributed by atoms with Crippen molar-refractivity contribution in [2.75, 3.05) is 26.3 Å². The van der Waals surface area contributed by atoms with Gasteiger partial charge in [-0.2, -0.15) is 0 Å². The number of furan rings is 1. The molecule has 5 heteroatoms. The van der Waals surface area contributed by atoms with Gasteiger partial charge in [0.2, 0.25) is 0 Å². The molecule has 2 rings (SSSR count). The standard InChI is InChI=1S/C17H25N3O2/c1-4-18-17(19-10-11-21-5-2)20-12-16-13(3)14-8-6-7-9-15(14)22-16/h6-9H,4-5,10-12H2,1-3H3,(H2,18,19,20). The Bertz CT molecular complexity index is 619. The summed E-state index contributed by atoms with van der Waals surface area (Å²) in [6.45, 7) is 9.59. The fraction of sp³-hybridized carbons (Fsp3) is 0.471. The number of guanidine groups is 1. The van der Waals surface area contributed by atoms with Crippen molar-refractivity contribution in [1.29, 1.82) is 0 Å². The molecule has 0 atom stereocenters.